The highest BCUT2D eigenvalue weighted by Gasteiger charge is 2.31. The van der Waals surface area contributed by atoms with Gasteiger partial charge in [0, 0.05) is 4.47 Å². The number of sulfonamides is 1. The third-order valence-corrected chi connectivity index (χ3v) is 5.80. The van der Waals surface area contributed by atoms with Gasteiger partial charge in [-0.25, -0.2) is 8.42 Å². The van der Waals surface area contributed by atoms with E-state index in [1.807, 2.05) is 0 Å². The molecule has 0 bridgehead atoms. The number of hydrogen-bond acceptors (Lipinski definition) is 5. The molecule has 0 aliphatic carbocycles. The first-order valence-corrected chi connectivity index (χ1v) is 9.32. The quantitative estimate of drug-likeness (QED) is 0.648. The number of para-hydroxylation sites is 1. The minimum absolute atomic E-state index is 0.147. The molecule has 1 atom stereocenters. The molecule has 0 radical (unpaired) electrons. The molecule has 0 fully saturated rings. The Bertz CT molecular complexity index is 1120. The number of hydrogen-bond donors (Lipinski definition) is 2. The van der Waals surface area contributed by atoms with E-state index >= 15 is 0 Å². The van der Waals surface area contributed by atoms with Crippen molar-refractivity contribution in [2.45, 2.75) is 11.1 Å². The van der Waals surface area contributed by atoms with Gasteiger partial charge in [0.2, 0.25) is 10.0 Å². The van der Waals surface area contributed by atoms with Gasteiger partial charge in [-0.05, 0) is 30.3 Å². The van der Waals surface area contributed by atoms with Gasteiger partial charge < -0.3 is 9.73 Å². The van der Waals surface area contributed by atoms with Crippen molar-refractivity contribution in [3.63, 3.8) is 0 Å². The molecule has 2 aromatic carbocycles. The largest absolute Gasteiger partial charge is 0.464 e. The maximum Gasteiger partial charge on any atom is 0.244 e. The molecule has 1 unspecified atom stereocenters. The molecule has 0 saturated carbocycles. The Kier molecular flexibility index (Phi) is 3.48. The van der Waals surface area contributed by atoms with Gasteiger partial charge in [-0.3, -0.25) is 4.79 Å². The van der Waals surface area contributed by atoms with E-state index in [0.717, 1.165) is 4.47 Å². The lowest BCUT2D eigenvalue weighted by atomic mass is 10.1. The van der Waals surface area contributed by atoms with Gasteiger partial charge in [-0.1, -0.05) is 28.1 Å². The van der Waals surface area contributed by atoms with Gasteiger partial charge in [0.1, 0.15) is 22.9 Å². The summed E-state index contributed by atoms with van der Waals surface area (Å²) < 4.78 is 33.5. The second-order valence-corrected chi connectivity index (χ2v) is 7.95. The van der Waals surface area contributed by atoms with Crippen molar-refractivity contribution < 1.29 is 12.8 Å². The zero-order valence-electron chi connectivity index (χ0n) is 12.1. The molecule has 1 aromatic heterocycles. The van der Waals surface area contributed by atoms with Crippen molar-refractivity contribution in [2.24, 2.45) is 0 Å². The Morgan fingerprint density at radius 1 is 1.12 bits per heavy atom. The van der Waals surface area contributed by atoms with Crippen LogP contribution in [0.1, 0.15) is 11.7 Å². The minimum Gasteiger partial charge on any atom is -0.464 e. The van der Waals surface area contributed by atoms with Gasteiger partial charge in [0.05, 0.1) is 16.6 Å². The molecule has 1 aliphatic rings. The monoisotopic (exact) mass is 406 g/mol. The summed E-state index contributed by atoms with van der Waals surface area (Å²) in [5, 5.41) is 3.40. The van der Waals surface area contributed by atoms with E-state index in [1.54, 1.807) is 36.4 Å². The maximum atomic E-state index is 12.7. The van der Waals surface area contributed by atoms with E-state index in [9.17, 15) is 13.2 Å². The molecule has 3 aromatic rings. The summed E-state index contributed by atoms with van der Waals surface area (Å²) in [5.41, 5.74) is 0.775. The number of halogens is 1. The van der Waals surface area contributed by atoms with Crippen LogP contribution in [0.3, 0.4) is 0 Å². The lowest BCUT2D eigenvalue weighted by Gasteiger charge is -2.27. The van der Waals surface area contributed by atoms with E-state index < -0.39 is 16.2 Å². The highest BCUT2D eigenvalue weighted by molar-refractivity contribution is 9.10. The summed E-state index contributed by atoms with van der Waals surface area (Å²) in [5.74, 6) is 0. The smallest absolute Gasteiger partial charge is 0.244 e. The number of nitrogens with one attached hydrogen (secondary N) is 2. The van der Waals surface area contributed by atoms with Gasteiger partial charge in [-0.2, -0.15) is 4.72 Å². The predicted molar refractivity (Wildman–Crippen MR) is 93.3 cm³/mol. The third-order valence-electron chi connectivity index (χ3n) is 3.82. The molecule has 0 amide bonds. The predicted octanol–water partition coefficient (Wildman–Crippen LogP) is 2.96. The Morgan fingerprint density at radius 2 is 1.92 bits per heavy atom. The Labute approximate surface area is 145 Å². The van der Waals surface area contributed by atoms with Crippen LogP contribution in [-0.4, -0.2) is 8.42 Å². The van der Waals surface area contributed by atoms with Crippen molar-refractivity contribution in [2.75, 3.05) is 5.32 Å². The first-order chi connectivity index (χ1) is 11.5. The van der Waals surface area contributed by atoms with Crippen LogP contribution < -0.4 is 15.5 Å². The summed E-state index contributed by atoms with van der Waals surface area (Å²) in [7, 11) is -3.72. The molecule has 0 saturated heterocycles. The van der Waals surface area contributed by atoms with Gasteiger partial charge >= 0.3 is 0 Å². The molecule has 1 aliphatic heterocycles. The Balaban J connectivity index is 1.88. The fraction of sp³-hybridized carbons (Fsp3) is 0.0625. The van der Waals surface area contributed by atoms with Crippen LogP contribution in [0, 0.1) is 0 Å². The fourth-order valence-corrected chi connectivity index (χ4v) is 4.34. The van der Waals surface area contributed by atoms with E-state index in [0.29, 0.717) is 16.7 Å². The van der Waals surface area contributed by atoms with E-state index in [4.69, 9.17) is 4.42 Å². The molecule has 2 heterocycles. The molecule has 122 valence electrons. The zero-order valence-corrected chi connectivity index (χ0v) is 14.5. The number of benzene rings is 2. The van der Waals surface area contributed by atoms with Crippen LogP contribution in [0.5, 0.6) is 0 Å². The average Bonchev–Trinajstić information content (AvgIpc) is 2.55. The van der Waals surface area contributed by atoms with Gasteiger partial charge in [-0.15, -0.1) is 0 Å². The highest BCUT2D eigenvalue weighted by atomic mass is 79.9. The van der Waals surface area contributed by atoms with E-state index in [-0.39, 0.29) is 15.9 Å². The maximum absolute atomic E-state index is 12.7. The van der Waals surface area contributed by atoms with Crippen LogP contribution in [0.25, 0.3) is 11.0 Å². The van der Waals surface area contributed by atoms with Crippen molar-refractivity contribution in [1.82, 2.24) is 4.72 Å². The van der Waals surface area contributed by atoms with Crippen molar-refractivity contribution >= 4 is 42.6 Å². The highest BCUT2D eigenvalue weighted by Crippen LogP contribution is 2.30. The first-order valence-electron chi connectivity index (χ1n) is 7.04. The molecular weight excluding hydrogens is 396 g/mol. The first kappa shape index (κ1) is 15.4. The topological polar surface area (TPSA) is 88.4 Å². The summed E-state index contributed by atoms with van der Waals surface area (Å²) >= 11 is 3.32. The van der Waals surface area contributed by atoms with Crippen LogP contribution in [-0.2, 0) is 10.0 Å². The number of fused-ring (bicyclic) bond motifs is 2. The summed E-state index contributed by atoms with van der Waals surface area (Å²) in [6.45, 7) is 0. The SMILES string of the molecule is O=c1c(C2Nc3ccccc3S(=O)(=O)N2)coc2ccc(Br)cc12. The molecule has 0 spiro atoms. The van der Waals surface area contributed by atoms with Gasteiger partial charge in [0.25, 0.3) is 0 Å². The molecule has 4 rings (SSSR count). The summed E-state index contributed by atoms with van der Waals surface area (Å²) in [4.78, 5) is 12.9. The number of rotatable bonds is 1. The normalized spacial score (nSPS) is 18.8. The lowest BCUT2D eigenvalue weighted by molar-refractivity contribution is 0.548. The molecule has 8 heteroatoms. The van der Waals surface area contributed by atoms with Crippen LogP contribution in [0.4, 0.5) is 5.69 Å². The number of anilines is 1. The Morgan fingerprint density at radius 3 is 2.75 bits per heavy atom. The second kappa shape index (κ2) is 5.44. The Hall–Kier alpha value is -2.16. The van der Waals surface area contributed by atoms with E-state index in [1.165, 1.54) is 12.3 Å². The molecule has 2 N–H and O–H groups in total. The van der Waals surface area contributed by atoms with Gasteiger partial charge in [0.15, 0.2) is 5.43 Å². The lowest BCUT2D eigenvalue weighted by Crippen LogP contribution is -2.40. The van der Waals surface area contributed by atoms with Crippen molar-refractivity contribution in [3.05, 3.63) is 69.0 Å². The summed E-state index contributed by atoms with van der Waals surface area (Å²) in [6.07, 6.45) is 0.386. The molecule has 24 heavy (non-hydrogen) atoms. The summed E-state index contributed by atoms with van der Waals surface area (Å²) in [6, 6.07) is 11.6. The standard InChI is InChI=1S/C16H11BrN2O4S/c17-9-5-6-13-10(7-9)15(20)11(8-23-13)16-18-12-3-1-2-4-14(12)24(21,22)19-16/h1-8,16,18-19H. The third kappa shape index (κ3) is 2.43. The van der Waals surface area contributed by atoms with Crippen molar-refractivity contribution in [3.8, 4) is 0 Å². The molecular formula is C16H11BrN2O4S. The van der Waals surface area contributed by atoms with E-state index in [2.05, 4.69) is 26.0 Å². The van der Waals surface area contributed by atoms with Crippen LogP contribution >= 0.6 is 15.9 Å². The average molecular weight is 407 g/mol. The van der Waals surface area contributed by atoms with Crippen LogP contribution in [0.2, 0.25) is 0 Å². The second-order valence-electron chi connectivity index (χ2n) is 5.36. The minimum atomic E-state index is -3.72. The zero-order chi connectivity index (χ0) is 16.9. The van der Waals surface area contributed by atoms with Crippen LogP contribution in [0.15, 0.2) is 67.3 Å². The molecule has 6 nitrogen and oxygen atoms in total. The van der Waals surface area contributed by atoms with Crippen molar-refractivity contribution in [1.29, 1.82) is 0 Å². The fourth-order valence-electron chi connectivity index (χ4n) is 2.68.